The molecule has 0 aromatic heterocycles. The van der Waals surface area contributed by atoms with Gasteiger partial charge in [-0.2, -0.15) is 0 Å². The second-order valence-corrected chi connectivity index (χ2v) is 4.38. The van der Waals surface area contributed by atoms with Gasteiger partial charge in [-0.15, -0.1) is 0 Å². The average molecular weight is 230 g/mol. The van der Waals surface area contributed by atoms with Crippen LogP contribution in [0.4, 0.5) is 0 Å². The normalized spacial score (nSPS) is 14.0. The quantitative estimate of drug-likeness (QED) is 0.818. The molecule has 3 heteroatoms. The third kappa shape index (κ3) is 1.46. The van der Waals surface area contributed by atoms with Crippen molar-refractivity contribution in [2.45, 2.75) is 20.1 Å². The SMILES string of the molecule is COc1cc2cc3c(c(C)c2cc1O)COC3. The third-order valence-electron chi connectivity index (χ3n) is 3.43. The highest BCUT2D eigenvalue weighted by Gasteiger charge is 2.17. The summed E-state index contributed by atoms with van der Waals surface area (Å²) < 4.78 is 10.6. The van der Waals surface area contributed by atoms with E-state index in [0.717, 1.165) is 10.8 Å². The standard InChI is InChI=1S/C14H14O3/c1-8-11-5-13(15)14(16-2)4-9(11)3-10-6-17-7-12(8)10/h3-5,15H,6-7H2,1-2H3. The van der Waals surface area contributed by atoms with E-state index in [9.17, 15) is 5.11 Å². The Hall–Kier alpha value is -1.74. The lowest BCUT2D eigenvalue weighted by Crippen LogP contribution is -1.91. The van der Waals surface area contributed by atoms with Gasteiger partial charge < -0.3 is 14.6 Å². The van der Waals surface area contributed by atoms with Crippen molar-refractivity contribution < 1.29 is 14.6 Å². The highest BCUT2D eigenvalue weighted by molar-refractivity contribution is 5.90. The van der Waals surface area contributed by atoms with Crippen LogP contribution in [0, 0.1) is 6.92 Å². The predicted molar refractivity (Wildman–Crippen MR) is 65.4 cm³/mol. The fourth-order valence-electron chi connectivity index (χ4n) is 2.46. The van der Waals surface area contributed by atoms with E-state index in [1.807, 2.05) is 6.07 Å². The van der Waals surface area contributed by atoms with Gasteiger partial charge in [0.15, 0.2) is 11.5 Å². The van der Waals surface area contributed by atoms with E-state index < -0.39 is 0 Å². The molecule has 0 bridgehead atoms. The van der Waals surface area contributed by atoms with Crippen molar-refractivity contribution in [3.8, 4) is 11.5 Å². The zero-order chi connectivity index (χ0) is 12.0. The molecule has 0 amide bonds. The molecule has 0 spiro atoms. The van der Waals surface area contributed by atoms with E-state index in [4.69, 9.17) is 9.47 Å². The van der Waals surface area contributed by atoms with Crippen molar-refractivity contribution in [2.24, 2.45) is 0 Å². The first-order valence-corrected chi connectivity index (χ1v) is 5.60. The Balaban J connectivity index is 2.35. The summed E-state index contributed by atoms with van der Waals surface area (Å²) in [5.41, 5.74) is 3.68. The second-order valence-electron chi connectivity index (χ2n) is 4.38. The fraction of sp³-hybridized carbons (Fsp3) is 0.286. The van der Waals surface area contributed by atoms with E-state index in [2.05, 4.69) is 13.0 Å². The highest BCUT2D eigenvalue weighted by Crippen LogP contribution is 2.36. The van der Waals surface area contributed by atoms with Crippen molar-refractivity contribution in [2.75, 3.05) is 7.11 Å². The van der Waals surface area contributed by atoms with Crippen LogP contribution in [-0.2, 0) is 18.0 Å². The number of fused-ring (bicyclic) bond motifs is 2. The molecule has 0 aliphatic carbocycles. The summed E-state index contributed by atoms with van der Waals surface area (Å²) in [4.78, 5) is 0. The molecule has 0 saturated heterocycles. The van der Waals surface area contributed by atoms with E-state index >= 15 is 0 Å². The molecule has 88 valence electrons. The number of ether oxygens (including phenoxy) is 2. The lowest BCUT2D eigenvalue weighted by molar-refractivity contribution is 0.134. The maximum absolute atomic E-state index is 9.83. The van der Waals surface area contributed by atoms with Gasteiger partial charge in [-0.1, -0.05) is 0 Å². The van der Waals surface area contributed by atoms with Gasteiger partial charge in [0.05, 0.1) is 20.3 Å². The molecule has 1 aliphatic rings. The number of rotatable bonds is 1. The molecule has 3 nitrogen and oxygen atoms in total. The minimum Gasteiger partial charge on any atom is -0.504 e. The Kier molecular flexibility index (Phi) is 2.23. The minimum atomic E-state index is 0.182. The van der Waals surface area contributed by atoms with Gasteiger partial charge in [0.1, 0.15) is 0 Å². The molecule has 1 heterocycles. The second kappa shape index (κ2) is 3.64. The molecule has 17 heavy (non-hydrogen) atoms. The number of benzene rings is 2. The molecule has 3 rings (SSSR count). The van der Waals surface area contributed by atoms with E-state index in [0.29, 0.717) is 19.0 Å². The topological polar surface area (TPSA) is 38.7 Å². The number of phenols is 1. The summed E-state index contributed by atoms with van der Waals surface area (Å²) in [6.45, 7) is 3.42. The summed E-state index contributed by atoms with van der Waals surface area (Å²) in [6, 6.07) is 5.75. The number of hydrogen-bond donors (Lipinski definition) is 1. The maximum atomic E-state index is 9.83. The highest BCUT2D eigenvalue weighted by atomic mass is 16.5. The Bertz CT molecular complexity index is 597. The van der Waals surface area contributed by atoms with Crippen LogP contribution in [-0.4, -0.2) is 12.2 Å². The lowest BCUT2D eigenvalue weighted by atomic mass is 9.96. The number of hydrogen-bond acceptors (Lipinski definition) is 3. The number of aromatic hydroxyl groups is 1. The minimum absolute atomic E-state index is 0.182. The van der Waals surface area contributed by atoms with E-state index in [-0.39, 0.29) is 5.75 Å². The summed E-state index contributed by atoms with van der Waals surface area (Å²) >= 11 is 0. The zero-order valence-corrected chi connectivity index (χ0v) is 9.91. The summed E-state index contributed by atoms with van der Waals surface area (Å²) in [5.74, 6) is 0.692. The van der Waals surface area contributed by atoms with Gasteiger partial charge in [-0.3, -0.25) is 0 Å². The van der Waals surface area contributed by atoms with Crippen LogP contribution < -0.4 is 4.74 Å². The van der Waals surface area contributed by atoms with E-state index in [1.165, 1.54) is 16.7 Å². The van der Waals surface area contributed by atoms with Crippen molar-refractivity contribution in [3.05, 3.63) is 34.9 Å². The Morgan fingerprint density at radius 2 is 2.06 bits per heavy atom. The average Bonchev–Trinajstić information content (AvgIpc) is 2.78. The molecule has 0 saturated carbocycles. The first kappa shape index (κ1) is 10.4. The number of aryl methyl sites for hydroxylation is 1. The van der Waals surface area contributed by atoms with Crippen molar-refractivity contribution >= 4 is 10.8 Å². The first-order valence-electron chi connectivity index (χ1n) is 5.60. The monoisotopic (exact) mass is 230 g/mol. The predicted octanol–water partition coefficient (Wildman–Crippen LogP) is 2.89. The maximum Gasteiger partial charge on any atom is 0.161 e. The summed E-state index contributed by atoms with van der Waals surface area (Å²) in [7, 11) is 1.56. The van der Waals surface area contributed by atoms with Crippen LogP contribution >= 0.6 is 0 Å². The van der Waals surface area contributed by atoms with Gasteiger partial charge >= 0.3 is 0 Å². The van der Waals surface area contributed by atoms with Gasteiger partial charge in [0, 0.05) is 0 Å². The molecule has 0 fully saturated rings. The molecular formula is C14H14O3. The molecule has 2 aromatic carbocycles. The Labute approximate surface area is 99.6 Å². The van der Waals surface area contributed by atoms with Crippen LogP contribution in [0.25, 0.3) is 10.8 Å². The van der Waals surface area contributed by atoms with Crippen molar-refractivity contribution in [1.82, 2.24) is 0 Å². The molecule has 0 unspecified atom stereocenters. The molecule has 0 atom stereocenters. The van der Waals surface area contributed by atoms with Crippen LogP contribution in [0.5, 0.6) is 11.5 Å². The van der Waals surface area contributed by atoms with Crippen molar-refractivity contribution in [3.63, 3.8) is 0 Å². The largest absolute Gasteiger partial charge is 0.504 e. The summed E-state index contributed by atoms with van der Waals surface area (Å²) in [6.07, 6.45) is 0. The Morgan fingerprint density at radius 3 is 2.82 bits per heavy atom. The first-order chi connectivity index (χ1) is 8.20. The van der Waals surface area contributed by atoms with Gasteiger partial charge in [0.25, 0.3) is 0 Å². The summed E-state index contributed by atoms with van der Waals surface area (Å²) in [5, 5.41) is 12.0. The number of phenolic OH excluding ortho intramolecular Hbond substituents is 1. The molecule has 0 radical (unpaired) electrons. The van der Waals surface area contributed by atoms with Gasteiger partial charge in [-0.25, -0.2) is 0 Å². The third-order valence-corrected chi connectivity index (χ3v) is 3.43. The van der Waals surface area contributed by atoms with Gasteiger partial charge in [0.2, 0.25) is 0 Å². The van der Waals surface area contributed by atoms with Crippen LogP contribution in [0.3, 0.4) is 0 Å². The lowest BCUT2D eigenvalue weighted by Gasteiger charge is -2.10. The molecule has 2 aromatic rings. The van der Waals surface area contributed by atoms with Crippen LogP contribution in [0.1, 0.15) is 16.7 Å². The fourth-order valence-corrected chi connectivity index (χ4v) is 2.46. The van der Waals surface area contributed by atoms with Crippen molar-refractivity contribution in [1.29, 1.82) is 0 Å². The van der Waals surface area contributed by atoms with E-state index in [1.54, 1.807) is 13.2 Å². The van der Waals surface area contributed by atoms with Crippen LogP contribution in [0.2, 0.25) is 0 Å². The van der Waals surface area contributed by atoms with Gasteiger partial charge in [-0.05, 0) is 52.6 Å². The Morgan fingerprint density at radius 1 is 1.24 bits per heavy atom. The van der Waals surface area contributed by atoms with Crippen LogP contribution in [0.15, 0.2) is 18.2 Å². The zero-order valence-electron chi connectivity index (χ0n) is 9.91. The smallest absolute Gasteiger partial charge is 0.161 e. The molecule has 1 N–H and O–H groups in total. The molecular weight excluding hydrogens is 216 g/mol. The number of methoxy groups -OCH3 is 1. The molecule has 1 aliphatic heterocycles.